The van der Waals surface area contributed by atoms with Crippen molar-refractivity contribution in [2.24, 2.45) is 10.8 Å². The molecular formula is C40H56O2. The van der Waals surface area contributed by atoms with Crippen LogP contribution in [0, 0.1) is 10.8 Å². The van der Waals surface area contributed by atoms with Gasteiger partial charge in [-0.2, -0.15) is 0 Å². The largest absolute Gasteiger partial charge is 0.225 e. The maximum absolute atomic E-state index is 5.40. The van der Waals surface area contributed by atoms with E-state index in [0.717, 1.165) is 11.1 Å². The third-order valence-electron chi connectivity index (χ3n) is 9.00. The lowest BCUT2D eigenvalue weighted by molar-refractivity contribution is -0.438. The summed E-state index contributed by atoms with van der Waals surface area (Å²) in [5.41, 5.74) is 11.4. The molecule has 1 fully saturated rings. The van der Waals surface area contributed by atoms with Crippen molar-refractivity contribution in [1.82, 2.24) is 0 Å². The van der Waals surface area contributed by atoms with Crippen LogP contribution in [0.2, 0.25) is 0 Å². The van der Waals surface area contributed by atoms with Gasteiger partial charge in [-0.05, 0) is 114 Å². The molecule has 0 aromatic heterocycles. The van der Waals surface area contributed by atoms with Gasteiger partial charge in [0.15, 0.2) is 0 Å². The molecule has 2 aliphatic carbocycles. The molecule has 1 aliphatic heterocycles. The van der Waals surface area contributed by atoms with Gasteiger partial charge in [-0.25, -0.2) is 9.78 Å². The number of allylic oxidation sites excluding steroid dienone is 18. The molecule has 3 rings (SSSR count). The normalized spacial score (nSPS) is 26.4. The van der Waals surface area contributed by atoms with Crippen LogP contribution in [0.25, 0.3) is 0 Å². The average molecular weight is 569 g/mol. The Hall–Kier alpha value is -2.68. The third kappa shape index (κ3) is 9.96. The highest BCUT2D eigenvalue weighted by atomic mass is 17.2. The zero-order valence-electron chi connectivity index (χ0n) is 28.1. The van der Waals surface area contributed by atoms with Crippen molar-refractivity contribution in [3.05, 3.63) is 117 Å². The van der Waals surface area contributed by atoms with Crippen molar-refractivity contribution in [3.8, 4) is 0 Å². The SMILES string of the molecule is CC1=C(/C=C/C(C)=C/C=C/C(C)=C/C2OOC2/C=C(C)/C=C/C=C(C)/C=C/C2=C(C)CCCC2(C)C)C(C)(C)CCC1. The standard InChI is InChI=1S/C40H56O2/c1-29(21-23-35-33(5)19-13-25-39(35,7)8)15-11-17-31(3)27-37-38(42-41-37)28-32(4)18-12-16-30(2)22-24-36-34(6)20-14-26-40(36,9)10/h11-12,15-18,21-24,27-28,37-38H,13-14,19-20,25-26H2,1-10H3/b17-11+,18-12+,23-21+,24-22+,29-15+,30-16+,31-27+,32-28+. The summed E-state index contributed by atoms with van der Waals surface area (Å²) in [6.07, 6.45) is 33.7. The molecule has 2 heteroatoms. The van der Waals surface area contributed by atoms with Gasteiger partial charge in [-0.3, -0.25) is 0 Å². The Labute approximate surface area is 257 Å². The van der Waals surface area contributed by atoms with Gasteiger partial charge in [0.05, 0.1) is 0 Å². The van der Waals surface area contributed by atoms with E-state index in [2.05, 4.69) is 142 Å². The molecule has 2 atom stereocenters. The fourth-order valence-electron chi connectivity index (χ4n) is 6.32. The van der Waals surface area contributed by atoms with E-state index in [1.165, 1.54) is 72.0 Å². The first-order valence-corrected chi connectivity index (χ1v) is 15.9. The van der Waals surface area contributed by atoms with Gasteiger partial charge in [0, 0.05) is 0 Å². The molecule has 2 nitrogen and oxygen atoms in total. The van der Waals surface area contributed by atoms with Crippen molar-refractivity contribution < 1.29 is 9.78 Å². The Morgan fingerprint density at radius 1 is 0.595 bits per heavy atom. The monoisotopic (exact) mass is 568 g/mol. The van der Waals surface area contributed by atoms with Gasteiger partial charge in [0.1, 0.15) is 12.2 Å². The van der Waals surface area contributed by atoms with Gasteiger partial charge in [0.2, 0.25) is 0 Å². The summed E-state index contributed by atoms with van der Waals surface area (Å²) < 4.78 is 0. The zero-order chi connectivity index (χ0) is 30.9. The summed E-state index contributed by atoms with van der Waals surface area (Å²) in [6.45, 7) is 22.6. The molecule has 1 saturated heterocycles. The molecule has 3 aliphatic rings. The lowest BCUT2D eigenvalue weighted by Crippen LogP contribution is -2.40. The minimum Gasteiger partial charge on any atom is -0.225 e. The highest BCUT2D eigenvalue weighted by Crippen LogP contribution is 2.41. The Morgan fingerprint density at radius 3 is 1.31 bits per heavy atom. The van der Waals surface area contributed by atoms with Crippen LogP contribution < -0.4 is 0 Å². The van der Waals surface area contributed by atoms with E-state index in [1.807, 2.05) is 0 Å². The number of hydrogen-bond donors (Lipinski definition) is 0. The second kappa shape index (κ2) is 15.2. The van der Waals surface area contributed by atoms with E-state index in [9.17, 15) is 0 Å². The molecule has 228 valence electrons. The Balaban J connectivity index is 1.53. The lowest BCUT2D eigenvalue weighted by Gasteiger charge is -2.33. The zero-order valence-corrected chi connectivity index (χ0v) is 28.1. The van der Waals surface area contributed by atoms with Crippen LogP contribution in [-0.2, 0) is 9.78 Å². The minimum absolute atomic E-state index is 0.0676. The second-order valence-corrected chi connectivity index (χ2v) is 14.0. The Bertz CT molecular complexity index is 1180. The number of hydrogen-bond acceptors (Lipinski definition) is 2. The summed E-state index contributed by atoms with van der Waals surface area (Å²) in [6, 6.07) is 0. The lowest BCUT2D eigenvalue weighted by atomic mass is 9.72. The first kappa shape index (κ1) is 33.8. The van der Waals surface area contributed by atoms with Gasteiger partial charge in [-0.1, -0.05) is 122 Å². The van der Waals surface area contributed by atoms with Crippen LogP contribution in [-0.4, -0.2) is 12.2 Å². The molecule has 0 amide bonds. The predicted octanol–water partition coefficient (Wildman–Crippen LogP) is 11.7. The molecule has 0 bridgehead atoms. The van der Waals surface area contributed by atoms with Gasteiger partial charge in [0.25, 0.3) is 0 Å². The van der Waals surface area contributed by atoms with E-state index in [1.54, 1.807) is 0 Å². The van der Waals surface area contributed by atoms with Gasteiger partial charge in [-0.15, -0.1) is 0 Å². The molecule has 2 unspecified atom stereocenters. The summed E-state index contributed by atoms with van der Waals surface area (Å²) in [7, 11) is 0. The molecule has 0 radical (unpaired) electrons. The molecule has 0 aromatic carbocycles. The molecule has 0 saturated carbocycles. The van der Waals surface area contributed by atoms with Crippen LogP contribution >= 0.6 is 0 Å². The number of rotatable bonds is 10. The van der Waals surface area contributed by atoms with Gasteiger partial charge >= 0.3 is 0 Å². The van der Waals surface area contributed by atoms with Gasteiger partial charge < -0.3 is 0 Å². The smallest absolute Gasteiger partial charge is 0.145 e. The van der Waals surface area contributed by atoms with Crippen molar-refractivity contribution in [3.63, 3.8) is 0 Å². The molecule has 0 N–H and O–H groups in total. The van der Waals surface area contributed by atoms with Crippen molar-refractivity contribution in [2.75, 3.05) is 0 Å². The molecule has 0 spiro atoms. The maximum atomic E-state index is 5.40. The van der Waals surface area contributed by atoms with E-state index in [0.29, 0.717) is 0 Å². The van der Waals surface area contributed by atoms with E-state index in [4.69, 9.17) is 9.78 Å². The molecule has 0 aromatic rings. The third-order valence-corrected chi connectivity index (χ3v) is 9.00. The van der Waals surface area contributed by atoms with E-state index in [-0.39, 0.29) is 23.0 Å². The first-order valence-electron chi connectivity index (χ1n) is 15.9. The van der Waals surface area contributed by atoms with Crippen molar-refractivity contribution in [1.29, 1.82) is 0 Å². The summed E-state index contributed by atoms with van der Waals surface area (Å²) >= 11 is 0. The predicted molar refractivity (Wildman–Crippen MR) is 182 cm³/mol. The summed E-state index contributed by atoms with van der Waals surface area (Å²) in [4.78, 5) is 10.8. The average Bonchev–Trinajstić information content (AvgIpc) is 2.88. The van der Waals surface area contributed by atoms with Crippen molar-refractivity contribution in [2.45, 2.75) is 120 Å². The topological polar surface area (TPSA) is 18.5 Å². The van der Waals surface area contributed by atoms with Crippen LogP contribution in [0.3, 0.4) is 0 Å². The molecule has 1 heterocycles. The molecular weight excluding hydrogens is 512 g/mol. The highest BCUT2D eigenvalue weighted by Gasteiger charge is 2.31. The quantitative estimate of drug-likeness (QED) is 0.193. The first-order chi connectivity index (χ1) is 19.8. The molecule has 42 heavy (non-hydrogen) atoms. The minimum atomic E-state index is -0.0676. The fourth-order valence-corrected chi connectivity index (χ4v) is 6.32. The maximum Gasteiger partial charge on any atom is 0.145 e. The van der Waals surface area contributed by atoms with Crippen molar-refractivity contribution >= 4 is 0 Å². The summed E-state index contributed by atoms with van der Waals surface area (Å²) in [5, 5.41) is 0. The van der Waals surface area contributed by atoms with Crippen LogP contribution in [0.5, 0.6) is 0 Å². The highest BCUT2D eigenvalue weighted by molar-refractivity contribution is 5.38. The van der Waals surface area contributed by atoms with Crippen LogP contribution in [0.1, 0.15) is 108 Å². The Morgan fingerprint density at radius 2 is 0.976 bits per heavy atom. The van der Waals surface area contributed by atoms with Crippen LogP contribution in [0.4, 0.5) is 0 Å². The van der Waals surface area contributed by atoms with E-state index >= 15 is 0 Å². The van der Waals surface area contributed by atoms with Crippen LogP contribution in [0.15, 0.2) is 117 Å². The summed E-state index contributed by atoms with van der Waals surface area (Å²) in [5.74, 6) is 0. The fraction of sp³-hybridized carbons (Fsp3) is 0.500. The Kier molecular flexibility index (Phi) is 12.2. The van der Waals surface area contributed by atoms with E-state index < -0.39 is 0 Å². The second-order valence-electron chi connectivity index (χ2n) is 14.0.